The molecule has 5 nitrogen and oxygen atoms in total. The van der Waals surface area contributed by atoms with Gasteiger partial charge in [-0.25, -0.2) is 0 Å². The molecule has 0 saturated carbocycles. The molecule has 0 aliphatic carbocycles. The third-order valence-corrected chi connectivity index (χ3v) is 14.6. The lowest BCUT2D eigenvalue weighted by Crippen LogP contribution is -2.59. The first-order valence-electron chi connectivity index (χ1n) is 16.4. The minimum Gasteiger partial charge on any atom is -0.453 e. The number of pyridine rings is 1. The molecule has 2 aliphatic rings. The Hall–Kier alpha value is -4.55. The summed E-state index contributed by atoms with van der Waals surface area (Å²) in [6.45, 7) is 5.43. The lowest BCUT2D eigenvalue weighted by atomic mass is 10.1. The van der Waals surface area contributed by atoms with Crippen molar-refractivity contribution in [2.75, 3.05) is 28.4 Å². The van der Waals surface area contributed by atoms with Gasteiger partial charge in [-0.2, -0.15) is 0 Å². The van der Waals surface area contributed by atoms with E-state index in [4.69, 9.17) is 9.72 Å². The van der Waals surface area contributed by atoms with Crippen LogP contribution in [0.4, 0.5) is 34.1 Å². The van der Waals surface area contributed by atoms with Gasteiger partial charge in [0, 0.05) is 29.9 Å². The molecule has 3 heterocycles. The van der Waals surface area contributed by atoms with Crippen LogP contribution in [0.15, 0.2) is 115 Å². The fourth-order valence-corrected chi connectivity index (χ4v) is 12.3. The normalized spacial score (nSPS) is 13.7. The second-order valence-corrected chi connectivity index (χ2v) is 16.6. The first-order valence-corrected chi connectivity index (χ1v) is 18.8. The molecule has 5 aromatic rings. The number of unbranched alkanes of at least 4 members (excludes halogenated alkanes) is 2. The van der Waals surface area contributed by atoms with Gasteiger partial charge in [0.15, 0.2) is 11.5 Å². The highest BCUT2D eigenvalue weighted by Crippen LogP contribution is 2.51. The molecule has 0 atom stereocenters. The van der Waals surface area contributed by atoms with Crippen molar-refractivity contribution in [3.05, 3.63) is 115 Å². The van der Waals surface area contributed by atoms with Crippen molar-refractivity contribution in [3.8, 4) is 11.5 Å². The number of rotatable bonds is 10. The molecule has 228 valence electrons. The predicted molar refractivity (Wildman–Crippen MR) is 192 cm³/mol. The molecular weight excluding hydrogens is 569 g/mol. The van der Waals surface area contributed by atoms with E-state index in [2.05, 4.69) is 139 Å². The Morgan fingerprint density at radius 1 is 0.667 bits per heavy atom. The smallest absolute Gasteiger partial charge is 0.151 e. The molecule has 0 bridgehead atoms. The molecule has 0 unspecified atom stereocenters. The summed E-state index contributed by atoms with van der Waals surface area (Å²) < 4.78 is 6.60. The van der Waals surface area contributed by atoms with Crippen molar-refractivity contribution >= 4 is 52.7 Å². The zero-order valence-corrected chi connectivity index (χ0v) is 27.6. The van der Waals surface area contributed by atoms with E-state index >= 15 is 0 Å². The van der Waals surface area contributed by atoms with Crippen molar-refractivity contribution in [1.29, 1.82) is 0 Å². The third kappa shape index (κ3) is 5.27. The average molecular weight is 611 g/mol. The van der Waals surface area contributed by atoms with E-state index in [9.17, 15) is 0 Å². The van der Waals surface area contributed by atoms with E-state index in [1.807, 2.05) is 12.3 Å². The number of para-hydroxylation sites is 4. The minimum atomic E-state index is -2.16. The first kappa shape index (κ1) is 29.2. The van der Waals surface area contributed by atoms with Crippen LogP contribution < -0.4 is 29.9 Å². The molecule has 0 saturated heterocycles. The molecule has 2 aliphatic heterocycles. The maximum Gasteiger partial charge on any atom is 0.151 e. The van der Waals surface area contributed by atoms with E-state index in [0.29, 0.717) is 0 Å². The Morgan fingerprint density at radius 2 is 1.36 bits per heavy atom. The van der Waals surface area contributed by atoms with E-state index in [1.54, 1.807) is 0 Å². The van der Waals surface area contributed by atoms with Gasteiger partial charge in [0.2, 0.25) is 0 Å². The average Bonchev–Trinajstić information content (AvgIpc) is 3.44. The minimum absolute atomic E-state index is 0.816. The Morgan fingerprint density at radius 3 is 2.11 bits per heavy atom. The van der Waals surface area contributed by atoms with Crippen molar-refractivity contribution in [2.45, 2.75) is 51.6 Å². The number of fused-ring (bicyclic) bond motifs is 3. The van der Waals surface area contributed by atoms with Gasteiger partial charge >= 0.3 is 0 Å². The number of benzene rings is 4. The number of aromatic nitrogens is 1. The Bertz CT molecular complexity index is 1780. The third-order valence-electron chi connectivity index (χ3n) is 9.48. The van der Waals surface area contributed by atoms with Gasteiger partial charge in [0.05, 0.1) is 29.4 Å². The monoisotopic (exact) mass is 610 g/mol. The van der Waals surface area contributed by atoms with E-state index in [1.165, 1.54) is 65.3 Å². The lowest BCUT2D eigenvalue weighted by molar-refractivity contribution is 0.477. The molecule has 0 spiro atoms. The number of hydrogen-bond acceptors (Lipinski definition) is 5. The quantitative estimate of drug-likeness (QED) is 0.144. The maximum absolute atomic E-state index is 6.60. The van der Waals surface area contributed by atoms with Crippen LogP contribution in [0.3, 0.4) is 0 Å². The van der Waals surface area contributed by atoms with E-state index < -0.39 is 8.07 Å². The van der Waals surface area contributed by atoms with Gasteiger partial charge in [-0.3, -0.25) is 4.98 Å². The molecule has 0 fully saturated rings. The van der Waals surface area contributed by atoms with E-state index in [-0.39, 0.29) is 0 Å². The highest BCUT2D eigenvalue weighted by Gasteiger charge is 2.39. The van der Waals surface area contributed by atoms with Gasteiger partial charge < -0.3 is 19.4 Å². The number of hydrogen-bond donors (Lipinski definition) is 0. The second-order valence-electron chi connectivity index (χ2n) is 12.4. The topological polar surface area (TPSA) is 31.8 Å². The summed E-state index contributed by atoms with van der Waals surface area (Å²) in [4.78, 5) is 12.2. The fraction of sp³-hybridized carbons (Fsp3) is 0.256. The SMILES string of the molecule is CCCC[Si](CCCC)(c1ccc2c(c1)N(c1cccc(N3CN(C)c4ccccc43)c1)c1ccccc1O2)c1ccccn1. The zero-order valence-electron chi connectivity index (χ0n) is 26.6. The second kappa shape index (κ2) is 12.4. The molecule has 4 aromatic carbocycles. The highest BCUT2D eigenvalue weighted by molar-refractivity contribution is 7.01. The van der Waals surface area contributed by atoms with Gasteiger partial charge in [0.25, 0.3) is 0 Å². The van der Waals surface area contributed by atoms with Crippen LogP contribution >= 0.6 is 0 Å². The van der Waals surface area contributed by atoms with Crippen molar-refractivity contribution < 1.29 is 4.74 Å². The zero-order chi connectivity index (χ0) is 30.8. The van der Waals surface area contributed by atoms with Crippen LogP contribution in [0.1, 0.15) is 39.5 Å². The molecule has 1 aromatic heterocycles. The van der Waals surface area contributed by atoms with Gasteiger partial charge in [-0.1, -0.05) is 82.0 Å². The van der Waals surface area contributed by atoms with Crippen LogP contribution in [0.5, 0.6) is 11.5 Å². The van der Waals surface area contributed by atoms with Crippen LogP contribution in [-0.4, -0.2) is 26.8 Å². The molecule has 7 rings (SSSR count). The summed E-state index contributed by atoms with van der Waals surface area (Å²) in [5.74, 6) is 1.77. The summed E-state index contributed by atoms with van der Waals surface area (Å²) in [6.07, 6.45) is 6.77. The summed E-state index contributed by atoms with van der Waals surface area (Å²) in [5.41, 5.74) is 6.95. The largest absolute Gasteiger partial charge is 0.453 e. The summed E-state index contributed by atoms with van der Waals surface area (Å²) in [6, 6.07) is 41.9. The maximum atomic E-state index is 6.60. The highest BCUT2D eigenvalue weighted by atomic mass is 28.3. The molecule has 6 heteroatoms. The number of ether oxygens (including phenoxy) is 1. The first-order chi connectivity index (χ1) is 22.1. The number of nitrogens with zero attached hydrogens (tertiary/aromatic N) is 4. The van der Waals surface area contributed by atoms with Crippen molar-refractivity contribution in [2.24, 2.45) is 0 Å². The molecule has 45 heavy (non-hydrogen) atoms. The van der Waals surface area contributed by atoms with Crippen LogP contribution in [-0.2, 0) is 0 Å². The number of anilines is 6. The molecule has 0 N–H and O–H groups in total. The van der Waals surface area contributed by atoms with Gasteiger partial charge in [-0.15, -0.1) is 0 Å². The molecular formula is C39H42N4OSi. The summed E-state index contributed by atoms with van der Waals surface area (Å²) in [5, 5.41) is 2.75. The Balaban J connectivity index is 1.38. The van der Waals surface area contributed by atoms with Crippen LogP contribution in [0.25, 0.3) is 0 Å². The van der Waals surface area contributed by atoms with Crippen LogP contribution in [0.2, 0.25) is 12.1 Å². The summed E-state index contributed by atoms with van der Waals surface area (Å²) in [7, 11) is 0.00260. The molecule has 0 radical (unpaired) electrons. The Kier molecular flexibility index (Phi) is 8.07. The van der Waals surface area contributed by atoms with E-state index in [0.717, 1.165) is 35.2 Å². The molecule has 0 amide bonds. The van der Waals surface area contributed by atoms with Crippen molar-refractivity contribution in [1.82, 2.24) is 4.98 Å². The standard InChI is InChI=1S/C39H42N4OSi/c1-4-6-25-45(26-7-5-2,39-21-12-13-24-40-39)32-22-23-38-36(28-32)43(35-19-10-11-20-37(35)44-38)31-16-14-15-30(27-31)42-29-41(3)33-17-8-9-18-34(33)42/h8-24,27-28H,4-7,25-26,29H2,1-3H3. The predicted octanol–water partition coefficient (Wildman–Crippen LogP) is 9.37. The Labute approximate surface area is 268 Å². The van der Waals surface area contributed by atoms with Gasteiger partial charge in [-0.05, 0) is 84.0 Å². The summed E-state index contributed by atoms with van der Waals surface area (Å²) >= 11 is 0. The van der Waals surface area contributed by atoms with Crippen molar-refractivity contribution in [3.63, 3.8) is 0 Å². The van der Waals surface area contributed by atoms with Gasteiger partial charge in [0.1, 0.15) is 8.07 Å². The lowest BCUT2D eigenvalue weighted by Gasteiger charge is -2.36. The fourth-order valence-electron chi connectivity index (χ4n) is 7.15. The van der Waals surface area contributed by atoms with Crippen LogP contribution in [0, 0.1) is 0 Å².